The molecule has 1 atom stereocenters. The Labute approximate surface area is 132 Å². The molecule has 2 aromatic carbocycles. The van der Waals surface area contributed by atoms with Gasteiger partial charge in [-0.25, -0.2) is 13.1 Å². The first-order chi connectivity index (χ1) is 10.5. The molecule has 0 fully saturated rings. The maximum atomic E-state index is 12.4. The lowest BCUT2D eigenvalue weighted by Gasteiger charge is -2.13. The third kappa shape index (κ3) is 4.55. The van der Waals surface area contributed by atoms with Crippen molar-refractivity contribution in [3.05, 3.63) is 71.8 Å². The molecule has 0 unspecified atom stereocenters. The summed E-state index contributed by atoms with van der Waals surface area (Å²) in [7, 11) is -3.49. The second kappa shape index (κ2) is 7.38. The Hall–Kier alpha value is -1.91. The molecule has 0 spiro atoms. The van der Waals surface area contributed by atoms with E-state index in [0.717, 1.165) is 11.1 Å². The fourth-order valence-corrected chi connectivity index (χ4v) is 3.31. The molecule has 0 aromatic heterocycles. The van der Waals surface area contributed by atoms with Gasteiger partial charge in [-0.05, 0) is 31.0 Å². The molecular weight excluding hydrogens is 294 g/mol. The van der Waals surface area contributed by atoms with Crippen LogP contribution in [0.5, 0.6) is 0 Å². The van der Waals surface area contributed by atoms with Crippen molar-refractivity contribution in [3.63, 3.8) is 0 Å². The van der Waals surface area contributed by atoms with Crippen LogP contribution >= 0.6 is 0 Å². The van der Waals surface area contributed by atoms with Crippen LogP contribution in [0.15, 0.2) is 65.6 Å². The van der Waals surface area contributed by atoms with Gasteiger partial charge in [0.05, 0.1) is 4.90 Å². The molecule has 0 amide bonds. The number of benzene rings is 2. The zero-order valence-corrected chi connectivity index (χ0v) is 13.7. The molecule has 0 saturated heterocycles. The molecular formula is C18H21NO2S. The fraction of sp³-hybridized carbons (Fsp3) is 0.222. The predicted octanol–water partition coefficient (Wildman–Crippen LogP) is 3.77. The Morgan fingerprint density at radius 2 is 1.68 bits per heavy atom. The summed E-state index contributed by atoms with van der Waals surface area (Å²) in [5, 5.41) is 0. The molecule has 3 nitrogen and oxygen atoms in total. The van der Waals surface area contributed by atoms with Crippen LogP contribution in [0.1, 0.15) is 24.5 Å². The summed E-state index contributed by atoms with van der Waals surface area (Å²) in [6.07, 6.45) is 4.52. The van der Waals surface area contributed by atoms with E-state index in [1.54, 1.807) is 24.3 Å². The van der Waals surface area contributed by atoms with Crippen molar-refractivity contribution in [2.75, 3.05) is 0 Å². The SMILES string of the molecule is CC[C@@H](/C=C/c1ccccc1)NS(=O)(=O)c1ccc(C)cc1. The van der Waals surface area contributed by atoms with E-state index in [2.05, 4.69) is 4.72 Å². The van der Waals surface area contributed by atoms with E-state index in [-0.39, 0.29) is 6.04 Å². The van der Waals surface area contributed by atoms with Crippen molar-refractivity contribution in [1.29, 1.82) is 0 Å². The third-order valence-corrected chi connectivity index (χ3v) is 4.90. The molecule has 4 heteroatoms. The summed E-state index contributed by atoms with van der Waals surface area (Å²) >= 11 is 0. The van der Waals surface area contributed by atoms with Gasteiger partial charge in [0.1, 0.15) is 0 Å². The summed E-state index contributed by atoms with van der Waals surface area (Å²) in [5.74, 6) is 0. The summed E-state index contributed by atoms with van der Waals surface area (Å²) in [6, 6.07) is 16.5. The largest absolute Gasteiger partial charge is 0.241 e. The molecule has 0 aliphatic heterocycles. The second-order valence-electron chi connectivity index (χ2n) is 5.22. The van der Waals surface area contributed by atoms with Gasteiger partial charge in [0.15, 0.2) is 0 Å². The van der Waals surface area contributed by atoms with Crippen LogP contribution in [0.4, 0.5) is 0 Å². The second-order valence-corrected chi connectivity index (χ2v) is 6.93. The Kier molecular flexibility index (Phi) is 5.52. The standard InChI is InChI=1S/C18H21NO2S/c1-3-17(12-11-16-7-5-4-6-8-16)19-22(20,21)18-13-9-15(2)10-14-18/h4-14,17,19H,3H2,1-2H3/b12-11+/t17-/m0/s1. The molecule has 0 aliphatic rings. The minimum absolute atomic E-state index is 0.230. The molecule has 0 radical (unpaired) electrons. The summed E-state index contributed by atoms with van der Waals surface area (Å²) in [5.41, 5.74) is 2.09. The van der Waals surface area contributed by atoms with Gasteiger partial charge in [-0.3, -0.25) is 0 Å². The van der Waals surface area contributed by atoms with Crippen molar-refractivity contribution in [1.82, 2.24) is 4.72 Å². The van der Waals surface area contributed by atoms with Crippen molar-refractivity contribution in [2.24, 2.45) is 0 Å². The smallest absolute Gasteiger partial charge is 0.207 e. The maximum Gasteiger partial charge on any atom is 0.241 e. The van der Waals surface area contributed by atoms with Gasteiger partial charge in [-0.15, -0.1) is 0 Å². The Bertz CT molecular complexity index is 719. The van der Waals surface area contributed by atoms with Gasteiger partial charge in [-0.2, -0.15) is 0 Å². The first-order valence-corrected chi connectivity index (χ1v) is 8.82. The minimum atomic E-state index is -3.49. The third-order valence-electron chi connectivity index (χ3n) is 3.40. The van der Waals surface area contributed by atoms with Gasteiger partial charge in [-0.1, -0.05) is 67.1 Å². The highest BCUT2D eigenvalue weighted by molar-refractivity contribution is 7.89. The van der Waals surface area contributed by atoms with Gasteiger partial charge in [0.2, 0.25) is 10.0 Å². The first kappa shape index (κ1) is 16.5. The summed E-state index contributed by atoms with van der Waals surface area (Å²) in [4.78, 5) is 0.296. The average molecular weight is 315 g/mol. The normalized spacial score (nSPS) is 13.4. The molecule has 2 rings (SSSR count). The monoisotopic (exact) mass is 315 g/mol. The van der Waals surface area contributed by atoms with Gasteiger partial charge < -0.3 is 0 Å². The van der Waals surface area contributed by atoms with Crippen molar-refractivity contribution in [2.45, 2.75) is 31.2 Å². The maximum absolute atomic E-state index is 12.4. The zero-order valence-electron chi connectivity index (χ0n) is 12.9. The molecule has 22 heavy (non-hydrogen) atoms. The molecule has 116 valence electrons. The van der Waals surface area contributed by atoms with E-state index < -0.39 is 10.0 Å². The number of aryl methyl sites for hydroxylation is 1. The van der Waals surface area contributed by atoms with E-state index >= 15 is 0 Å². The lowest BCUT2D eigenvalue weighted by molar-refractivity contribution is 0.568. The number of sulfonamides is 1. The number of hydrogen-bond donors (Lipinski definition) is 1. The van der Waals surface area contributed by atoms with Crippen LogP contribution in [0.25, 0.3) is 6.08 Å². The van der Waals surface area contributed by atoms with E-state index in [9.17, 15) is 8.42 Å². The predicted molar refractivity (Wildman–Crippen MR) is 91.1 cm³/mol. The highest BCUT2D eigenvalue weighted by atomic mass is 32.2. The van der Waals surface area contributed by atoms with Crippen LogP contribution in [0, 0.1) is 6.92 Å². The fourth-order valence-electron chi connectivity index (χ4n) is 2.03. The Morgan fingerprint density at radius 3 is 2.27 bits per heavy atom. The summed E-state index contributed by atoms with van der Waals surface area (Å²) < 4.78 is 27.5. The lowest BCUT2D eigenvalue weighted by Crippen LogP contribution is -2.32. The van der Waals surface area contributed by atoms with E-state index in [1.165, 1.54) is 0 Å². The van der Waals surface area contributed by atoms with Crippen molar-refractivity contribution >= 4 is 16.1 Å². The Balaban J connectivity index is 2.12. The average Bonchev–Trinajstić information content (AvgIpc) is 2.52. The molecule has 0 saturated carbocycles. The number of nitrogens with one attached hydrogen (secondary N) is 1. The van der Waals surface area contributed by atoms with Crippen molar-refractivity contribution < 1.29 is 8.42 Å². The van der Waals surface area contributed by atoms with Gasteiger partial charge in [0, 0.05) is 6.04 Å². The topological polar surface area (TPSA) is 46.2 Å². The van der Waals surface area contributed by atoms with Gasteiger partial charge in [0.25, 0.3) is 0 Å². The molecule has 0 heterocycles. The van der Waals surface area contributed by atoms with E-state index in [4.69, 9.17) is 0 Å². The highest BCUT2D eigenvalue weighted by Crippen LogP contribution is 2.12. The lowest BCUT2D eigenvalue weighted by atomic mass is 10.1. The first-order valence-electron chi connectivity index (χ1n) is 7.33. The zero-order chi connectivity index (χ0) is 16.0. The van der Waals surface area contributed by atoms with Crippen LogP contribution in [0.2, 0.25) is 0 Å². The van der Waals surface area contributed by atoms with Crippen molar-refractivity contribution in [3.8, 4) is 0 Å². The number of hydrogen-bond acceptors (Lipinski definition) is 2. The van der Waals surface area contributed by atoms with Crippen LogP contribution in [-0.4, -0.2) is 14.5 Å². The highest BCUT2D eigenvalue weighted by Gasteiger charge is 2.17. The quantitative estimate of drug-likeness (QED) is 0.882. The van der Waals surface area contributed by atoms with Crippen LogP contribution in [0.3, 0.4) is 0 Å². The van der Waals surface area contributed by atoms with E-state index in [1.807, 2.05) is 56.3 Å². The Morgan fingerprint density at radius 1 is 1.05 bits per heavy atom. The molecule has 0 bridgehead atoms. The van der Waals surface area contributed by atoms with Gasteiger partial charge >= 0.3 is 0 Å². The van der Waals surface area contributed by atoms with Crippen LogP contribution < -0.4 is 4.72 Å². The summed E-state index contributed by atoms with van der Waals surface area (Å²) in [6.45, 7) is 3.89. The molecule has 2 aromatic rings. The number of rotatable bonds is 6. The van der Waals surface area contributed by atoms with Crippen LogP contribution in [-0.2, 0) is 10.0 Å². The van der Waals surface area contributed by atoms with E-state index in [0.29, 0.717) is 11.3 Å². The molecule has 0 aliphatic carbocycles. The minimum Gasteiger partial charge on any atom is -0.207 e. The molecule has 1 N–H and O–H groups in total.